The summed E-state index contributed by atoms with van der Waals surface area (Å²) < 4.78 is 5.14. The third-order valence-electron chi connectivity index (χ3n) is 3.11. The lowest BCUT2D eigenvalue weighted by Crippen LogP contribution is -2.21. The molecule has 1 aromatic rings. The van der Waals surface area contributed by atoms with Crippen molar-refractivity contribution in [2.75, 3.05) is 0 Å². The molecule has 0 saturated heterocycles. The van der Waals surface area contributed by atoms with Gasteiger partial charge in [0.2, 0.25) is 0 Å². The Morgan fingerprint density at radius 1 is 1.43 bits per heavy atom. The van der Waals surface area contributed by atoms with Crippen LogP contribution in [0.1, 0.15) is 57.9 Å². The first kappa shape index (κ1) is 11.3. The molecule has 2 nitrogen and oxygen atoms in total. The first-order valence-electron chi connectivity index (χ1n) is 5.56. The Labute approximate surface area is 86.7 Å². The maximum atomic E-state index is 5.14. The van der Waals surface area contributed by atoms with Gasteiger partial charge in [0.05, 0.1) is 5.69 Å². The van der Waals surface area contributed by atoms with Crippen LogP contribution in [0.4, 0.5) is 0 Å². The van der Waals surface area contributed by atoms with Gasteiger partial charge in [-0.3, -0.25) is 0 Å². The second kappa shape index (κ2) is 4.63. The van der Waals surface area contributed by atoms with Crippen LogP contribution < -0.4 is 0 Å². The number of aromatic nitrogens is 1. The summed E-state index contributed by atoms with van der Waals surface area (Å²) in [5.74, 6) is 0.913. The molecule has 0 N–H and O–H groups in total. The van der Waals surface area contributed by atoms with E-state index in [1.54, 1.807) is 0 Å². The van der Waals surface area contributed by atoms with Crippen LogP contribution in [0, 0.1) is 6.92 Å². The van der Waals surface area contributed by atoms with Crippen LogP contribution in [0.25, 0.3) is 0 Å². The molecular weight excluding hydrogens is 174 g/mol. The van der Waals surface area contributed by atoms with Crippen molar-refractivity contribution in [2.24, 2.45) is 0 Å². The van der Waals surface area contributed by atoms with Gasteiger partial charge < -0.3 is 4.52 Å². The molecule has 0 saturated carbocycles. The number of rotatable bonds is 5. The first-order chi connectivity index (χ1) is 6.62. The normalized spacial score (nSPS) is 15.4. The van der Waals surface area contributed by atoms with E-state index in [-0.39, 0.29) is 5.41 Å². The summed E-state index contributed by atoms with van der Waals surface area (Å²) in [6, 6.07) is 2.07. The number of aryl methyl sites for hydroxylation is 1. The van der Waals surface area contributed by atoms with Crippen LogP contribution in [-0.4, -0.2) is 5.16 Å². The summed E-state index contributed by atoms with van der Waals surface area (Å²) in [5, 5.41) is 4.14. The van der Waals surface area contributed by atoms with Crippen LogP contribution in [0.15, 0.2) is 10.6 Å². The van der Waals surface area contributed by atoms with Crippen molar-refractivity contribution in [1.29, 1.82) is 0 Å². The summed E-state index contributed by atoms with van der Waals surface area (Å²) in [7, 11) is 0. The van der Waals surface area contributed by atoms with Crippen molar-refractivity contribution in [3.05, 3.63) is 17.5 Å². The van der Waals surface area contributed by atoms with Crippen molar-refractivity contribution in [3.63, 3.8) is 0 Å². The van der Waals surface area contributed by atoms with Gasteiger partial charge in [-0.1, -0.05) is 38.8 Å². The van der Waals surface area contributed by atoms with Gasteiger partial charge in [0.15, 0.2) is 0 Å². The van der Waals surface area contributed by atoms with E-state index in [2.05, 4.69) is 32.0 Å². The fourth-order valence-electron chi connectivity index (χ4n) is 1.70. The average Bonchev–Trinajstić information content (AvgIpc) is 2.62. The monoisotopic (exact) mass is 195 g/mol. The molecule has 0 spiro atoms. The van der Waals surface area contributed by atoms with Gasteiger partial charge in [0.25, 0.3) is 0 Å². The Bertz CT molecular complexity index is 280. The number of unbranched alkanes of at least 4 members (excludes halogenated alkanes) is 1. The van der Waals surface area contributed by atoms with Crippen molar-refractivity contribution in [2.45, 2.75) is 58.8 Å². The largest absolute Gasteiger partial charge is 0.361 e. The molecule has 80 valence electrons. The Morgan fingerprint density at radius 3 is 2.57 bits per heavy atom. The molecule has 0 radical (unpaired) electrons. The maximum absolute atomic E-state index is 5.14. The van der Waals surface area contributed by atoms with Crippen molar-refractivity contribution in [3.8, 4) is 0 Å². The molecule has 0 fully saturated rings. The highest BCUT2D eigenvalue weighted by atomic mass is 16.5. The lowest BCUT2D eigenvalue weighted by atomic mass is 9.79. The molecule has 1 heterocycles. The highest BCUT2D eigenvalue weighted by molar-refractivity contribution is 5.15. The fourth-order valence-corrected chi connectivity index (χ4v) is 1.70. The Balaban J connectivity index is 2.78. The standard InChI is InChI=1S/C12H21NO/c1-5-7-8-12(4,6-2)11-9-10(3)14-13-11/h9H,5-8H2,1-4H3. The molecular formula is C12H21NO. The zero-order valence-corrected chi connectivity index (χ0v) is 9.76. The molecule has 0 aliphatic heterocycles. The van der Waals surface area contributed by atoms with E-state index in [4.69, 9.17) is 4.52 Å². The summed E-state index contributed by atoms with van der Waals surface area (Å²) in [6.45, 7) is 8.68. The Morgan fingerprint density at radius 2 is 2.14 bits per heavy atom. The van der Waals surface area contributed by atoms with Gasteiger partial charge in [-0.2, -0.15) is 0 Å². The average molecular weight is 195 g/mol. The molecule has 1 aromatic heterocycles. The molecule has 0 aliphatic rings. The third kappa shape index (κ3) is 2.37. The van der Waals surface area contributed by atoms with E-state index in [1.165, 1.54) is 19.3 Å². The van der Waals surface area contributed by atoms with E-state index in [9.17, 15) is 0 Å². The van der Waals surface area contributed by atoms with Gasteiger partial charge in [0.1, 0.15) is 5.76 Å². The topological polar surface area (TPSA) is 26.0 Å². The lowest BCUT2D eigenvalue weighted by molar-refractivity contribution is 0.339. The van der Waals surface area contributed by atoms with E-state index in [0.717, 1.165) is 17.9 Å². The minimum absolute atomic E-state index is 0.202. The van der Waals surface area contributed by atoms with Crippen LogP contribution in [0.5, 0.6) is 0 Å². The predicted molar refractivity (Wildman–Crippen MR) is 58.4 cm³/mol. The van der Waals surface area contributed by atoms with Gasteiger partial charge in [-0.05, 0) is 19.8 Å². The Kier molecular flexibility index (Phi) is 3.73. The molecule has 1 atom stereocenters. The third-order valence-corrected chi connectivity index (χ3v) is 3.11. The molecule has 1 rings (SSSR count). The molecule has 0 bridgehead atoms. The summed E-state index contributed by atoms with van der Waals surface area (Å²) in [4.78, 5) is 0. The highest BCUT2D eigenvalue weighted by Gasteiger charge is 2.27. The number of hydrogen-bond donors (Lipinski definition) is 0. The zero-order valence-electron chi connectivity index (χ0n) is 9.76. The smallest absolute Gasteiger partial charge is 0.133 e. The van der Waals surface area contributed by atoms with Crippen LogP contribution in [-0.2, 0) is 5.41 Å². The minimum atomic E-state index is 0.202. The predicted octanol–water partition coefficient (Wildman–Crippen LogP) is 3.84. The van der Waals surface area contributed by atoms with Crippen LogP contribution in [0.3, 0.4) is 0 Å². The summed E-state index contributed by atoms with van der Waals surface area (Å²) >= 11 is 0. The second-order valence-corrected chi connectivity index (χ2v) is 4.34. The SMILES string of the molecule is CCCCC(C)(CC)c1cc(C)on1. The second-order valence-electron chi connectivity index (χ2n) is 4.34. The molecule has 2 heteroatoms. The van der Waals surface area contributed by atoms with Crippen LogP contribution >= 0.6 is 0 Å². The lowest BCUT2D eigenvalue weighted by Gasteiger charge is -2.25. The molecule has 0 aromatic carbocycles. The van der Waals surface area contributed by atoms with E-state index in [1.807, 2.05) is 6.92 Å². The molecule has 14 heavy (non-hydrogen) atoms. The van der Waals surface area contributed by atoms with Gasteiger partial charge in [-0.25, -0.2) is 0 Å². The molecule has 0 amide bonds. The van der Waals surface area contributed by atoms with Crippen LogP contribution in [0.2, 0.25) is 0 Å². The van der Waals surface area contributed by atoms with E-state index < -0.39 is 0 Å². The summed E-state index contributed by atoms with van der Waals surface area (Å²) in [5.41, 5.74) is 1.32. The van der Waals surface area contributed by atoms with Gasteiger partial charge in [-0.15, -0.1) is 0 Å². The highest BCUT2D eigenvalue weighted by Crippen LogP contribution is 2.32. The summed E-state index contributed by atoms with van der Waals surface area (Å²) in [6.07, 6.45) is 4.83. The number of hydrogen-bond acceptors (Lipinski definition) is 2. The number of nitrogens with zero attached hydrogens (tertiary/aromatic N) is 1. The first-order valence-corrected chi connectivity index (χ1v) is 5.56. The molecule has 1 unspecified atom stereocenters. The van der Waals surface area contributed by atoms with E-state index >= 15 is 0 Å². The van der Waals surface area contributed by atoms with Crippen molar-refractivity contribution in [1.82, 2.24) is 5.16 Å². The molecule has 0 aliphatic carbocycles. The van der Waals surface area contributed by atoms with Gasteiger partial charge >= 0.3 is 0 Å². The minimum Gasteiger partial charge on any atom is -0.361 e. The van der Waals surface area contributed by atoms with Crippen molar-refractivity contribution >= 4 is 0 Å². The quantitative estimate of drug-likeness (QED) is 0.713. The van der Waals surface area contributed by atoms with E-state index in [0.29, 0.717) is 0 Å². The van der Waals surface area contributed by atoms with Gasteiger partial charge in [0, 0.05) is 11.5 Å². The van der Waals surface area contributed by atoms with Crippen molar-refractivity contribution < 1.29 is 4.52 Å². The Hall–Kier alpha value is -0.790. The maximum Gasteiger partial charge on any atom is 0.133 e. The zero-order chi connectivity index (χ0) is 10.6. The fraction of sp³-hybridized carbons (Fsp3) is 0.750.